The summed E-state index contributed by atoms with van der Waals surface area (Å²) < 4.78 is 29.0. The van der Waals surface area contributed by atoms with E-state index in [0.717, 1.165) is 85.7 Å². The molecule has 6 nitrogen and oxygen atoms in total. The third-order valence-corrected chi connectivity index (χ3v) is 6.32. The SMILES string of the molecule is C=CCCCOc1cccc(OCCCC=C)c1-n1cc[n+](-c2c(OCCCC=C)cccc2OCCCC=C)c1. The van der Waals surface area contributed by atoms with E-state index in [0.29, 0.717) is 26.4 Å². The highest BCUT2D eigenvalue weighted by Crippen LogP contribution is 2.34. The Morgan fingerprint density at radius 3 is 1.39 bits per heavy atom. The number of hydrogen-bond donors (Lipinski definition) is 0. The molecule has 3 rings (SSSR count). The van der Waals surface area contributed by atoms with Gasteiger partial charge in [0.1, 0.15) is 12.4 Å². The fourth-order valence-corrected chi connectivity index (χ4v) is 4.24. The molecule has 0 amide bonds. The zero-order chi connectivity index (χ0) is 29.1. The molecule has 0 aliphatic carbocycles. The van der Waals surface area contributed by atoms with E-state index in [1.54, 1.807) is 0 Å². The topological polar surface area (TPSA) is 45.7 Å². The smallest absolute Gasteiger partial charge is 0.254 e. The molecule has 6 heteroatoms. The molecule has 0 aliphatic heterocycles. The average molecular weight is 558 g/mol. The van der Waals surface area contributed by atoms with Crippen molar-refractivity contribution in [2.75, 3.05) is 26.4 Å². The van der Waals surface area contributed by atoms with Gasteiger partial charge in [-0.1, -0.05) is 36.4 Å². The van der Waals surface area contributed by atoms with E-state index in [1.165, 1.54) is 0 Å². The lowest BCUT2D eigenvalue weighted by Crippen LogP contribution is -2.29. The Balaban J connectivity index is 1.98. The number of rotatable bonds is 22. The zero-order valence-electron chi connectivity index (χ0n) is 24.3. The molecule has 2 aromatic carbocycles. The summed E-state index contributed by atoms with van der Waals surface area (Å²) in [5.74, 6) is 3.03. The molecule has 1 aromatic heterocycles. The average Bonchev–Trinajstić information content (AvgIpc) is 3.47. The minimum Gasteiger partial charge on any atom is -0.489 e. The molecule has 0 saturated heterocycles. The lowest BCUT2D eigenvalue weighted by atomic mass is 10.2. The molecule has 0 bridgehead atoms. The van der Waals surface area contributed by atoms with Crippen LogP contribution in [0.4, 0.5) is 0 Å². The van der Waals surface area contributed by atoms with Crippen molar-refractivity contribution in [1.29, 1.82) is 0 Å². The minimum atomic E-state index is 0.588. The number of imidazole rings is 1. The summed E-state index contributed by atoms with van der Waals surface area (Å²) in [7, 11) is 0. The highest BCUT2D eigenvalue weighted by atomic mass is 16.5. The maximum Gasteiger partial charge on any atom is 0.254 e. The highest BCUT2D eigenvalue weighted by molar-refractivity contribution is 5.57. The standard InChI is InChI=1S/C35H45N2O4/c1-5-9-13-25-38-30-19-17-20-31(39-26-14-10-6-2)34(30)36-23-24-37(29-36)35-32(40-27-15-11-7-3)21-18-22-33(35)41-28-16-12-8-4/h5-8,17-24,29H,1-4,9-16,25-28H2/q+1. The van der Waals surface area contributed by atoms with Crippen LogP contribution < -0.4 is 23.5 Å². The van der Waals surface area contributed by atoms with Crippen LogP contribution in [0, 0.1) is 0 Å². The predicted octanol–water partition coefficient (Wildman–Crippen LogP) is 8.13. The molecule has 0 radical (unpaired) electrons. The normalized spacial score (nSPS) is 10.5. The summed E-state index contributed by atoms with van der Waals surface area (Å²) in [6.07, 6.45) is 20.8. The molecule has 0 spiro atoms. The fraction of sp³-hybridized carbons (Fsp3) is 0.343. The zero-order valence-corrected chi connectivity index (χ0v) is 24.3. The van der Waals surface area contributed by atoms with Gasteiger partial charge in [-0.15, -0.1) is 26.3 Å². The molecule has 0 atom stereocenters. The van der Waals surface area contributed by atoms with Crippen molar-refractivity contribution in [3.8, 4) is 34.4 Å². The van der Waals surface area contributed by atoms with Crippen LogP contribution in [0.1, 0.15) is 51.4 Å². The van der Waals surface area contributed by atoms with Crippen molar-refractivity contribution in [3.63, 3.8) is 0 Å². The van der Waals surface area contributed by atoms with Gasteiger partial charge in [0.25, 0.3) is 6.33 Å². The number of unbranched alkanes of at least 4 members (excludes halogenated alkanes) is 4. The van der Waals surface area contributed by atoms with Crippen LogP contribution >= 0.6 is 0 Å². The molecular formula is C35H45N2O4+. The summed E-state index contributed by atoms with van der Waals surface area (Å²) in [5.41, 5.74) is 1.70. The molecule has 0 unspecified atom stereocenters. The van der Waals surface area contributed by atoms with Gasteiger partial charge in [-0.05, 0) is 75.6 Å². The monoisotopic (exact) mass is 557 g/mol. The summed E-state index contributed by atoms with van der Waals surface area (Å²) in [6, 6.07) is 11.9. The van der Waals surface area contributed by atoms with Crippen LogP contribution in [0.15, 0.2) is 106 Å². The maximum absolute atomic E-state index is 6.24. The van der Waals surface area contributed by atoms with Crippen molar-refractivity contribution in [2.24, 2.45) is 0 Å². The molecule has 0 aliphatic rings. The largest absolute Gasteiger partial charge is 0.489 e. The highest BCUT2D eigenvalue weighted by Gasteiger charge is 2.23. The maximum atomic E-state index is 6.24. The number of ether oxygens (including phenoxy) is 4. The van der Waals surface area contributed by atoms with Crippen LogP contribution in [0.5, 0.6) is 23.0 Å². The van der Waals surface area contributed by atoms with Crippen molar-refractivity contribution < 1.29 is 23.5 Å². The Morgan fingerprint density at radius 2 is 0.976 bits per heavy atom. The minimum absolute atomic E-state index is 0.588. The molecule has 0 fully saturated rings. The Morgan fingerprint density at radius 1 is 0.585 bits per heavy atom. The lowest BCUT2D eigenvalue weighted by molar-refractivity contribution is -0.595. The summed E-state index contributed by atoms with van der Waals surface area (Å²) >= 11 is 0. The third kappa shape index (κ3) is 9.75. The van der Waals surface area contributed by atoms with Crippen LogP contribution in [-0.4, -0.2) is 31.0 Å². The van der Waals surface area contributed by atoms with E-state index in [-0.39, 0.29) is 0 Å². The van der Waals surface area contributed by atoms with E-state index in [9.17, 15) is 0 Å². The lowest BCUT2D eigenvalue weighted by Gasteiger charge is -2.14. The molecule has 1 heterocycles. The van der Waals surface area contributed by atoms with Gasteiger partial charge in [-0.25, -0.2) is 0 Å². The Kier molecular flexibility index (Phi) is 13.9. The molecule has 0 N–H and O–H groups in total. The first-order valence-corrected chi connectivity index (χ1v) is 14.5. The van der Waals surface area contributed by atoms with Gasteiger partial charge in [0.15, 0.2) is 23.0 Å². The van der Waals surface area contributed by atoms with Crippen LogP contribution in [0.2, 0.25) is 0 Å². The van der Waals surface area contributed by atoms with Crippen LogP contribution in [-0.2, 0) is 0 Å². The summed E-state index contributed by atoms with van der Waals surface area (Å²) in [6.45, 7) is 17.6. The Bertz CT molecular complexity index is 1080. The molecular weight excluding hydrogens is 512 g/mol. The fourth-order valence-electron chi connectivity index (χ4n) is 4.24. The van der Waals surface area contributed by atoms with Gasteiger partial charge in [-0.2, -0.15) is 9.13 Å². The first-order valence-electron chi connectivity index (χ1n) is 14.5. The van der Waals surface area contributed by atoms with Crippen molar-refractivity contribution >= 4 is 0 Å². The van der Waals surface area contributed by atoms with Crippen LogP contribution in [0.25, 0.3) is 11.4 Å². The number of para-hydroxylation sites is 2. The van der Waals surface area contributed by atoms with Gasteiger partial charge in [0.05, 0.1) is 26.4 Å². The number of allylic oxidation sites excluding steroid dienone is 4. The number of hydrogen-bond acceptors (Lipinski definition) is 4. The number of nitrogens with zero attached hydrogens (tertiary/aromatic N) is 2. The van der Waals surface area contributed by atoms with E-state index in [4.69, 9.17) is 18.9 Å². The van der Waals surface area contributed by atoms with Gasteiger partial charge in [0, 0.05) is 0 Å². The molecule has 218 valence electrons. The van der Waals surface area contributed by atoms with E-state index in [2.05, 4.69) is 26.3 Å². The van der Waals surface area contributed by atoms with Crippen molar-refractivity contribution in [2.45, 2.75) is 51.4 Å². The summed E-state index contributed by atoms with van der Waals surface area (Å²) in [4.78, 5) is 0. The van der Waals surface area contributed by atoms with Gasteiger partial charge in [-0.3, -0.25) is 0 Å². The number of benzene rings is 2. The second-order valence-corrected chi connectivity index (χ2v) is 9.55. The first-order chi connectivity index (χ1) is 20.2. The van der Waals surface area contributed by atoms with Crippen molar-refractivity contribution in [1.82, 2.24) is 4.57 Å². The number of aromatic nitrogens is 2. The van der Waals surface area contributed by atoms with Gasteiger partial charge >= 0.3 is 0 Å². The molecule has 3 aromatic rings. The van der Waals surface area contributed by atoms with E-state index < -0.39 is 0 Å². The molecule has 41 heavy (non-hydrogen) atoms. The van der Waals surface area contributed by atoms with E-state index in [1.807, 2.05) is 88.6 Å². The quantitative estimate of drug-likeness (QED) is 0.0711. The van der Waals surface area contributed by atoms with Gasteiger partial charge < -0.3 is 18.9 Å². The predicted molar refractivity (Wildman–Crippen MR) is 167 cm³/mol. The summed E-state index contributed by atoms with van der Waals surface area (Å²) in [5, 5.41) is 0. The second kappa shape index (κ2) is 18.2. The van der Waals surface area contributed by atoms with Crippen LogP contribution in [0.3, 0.4) is 0 Å². The van der Waals surface area contributed by atoms with Gasteiger partial charge in [0.2, 0.25) is 11.4 Å². The molecule has 0 saturated carbocycles. The first kappa shape index (κ1) is 31.3. The van der Waals surface area contributed by atoms with Crippen molar-refractivity contribution in [3.05, 3.63) is 106 Å². The van der Waals surface area contributed by atoms with E-state index >= 15 is 0 Å². The Hall–Kier alpha value is -4.19. The second-order valence-electron chi connectivity index (χ2n) is 9.55. The Labute approximate surface area is 245 Å². The third-order valence-electron chi connectivity index (χ3n) is 6.32.